The first-order valence-electron chi connectivity index (χ1n) is 7.39. The van der Waals surface area contributed by atoms with Crippen LogP contribution in [0.15, 0.2) is 36.4 Å². The lowest BCUT2D eigenvalue weighted by Crippen LogP contribution is -2.37. The van der Waals surface area contributed by atoms with Crippen molar-refractivity contribution in [2.24, 2.45) is 0 Å². The molecule has 0 saturated carbocycles. The Labute approximate surface area is 122 Å². The molecule has 0 radical (unpaired) electrons. The molecule has 0 aliphatic heterocycles. The lowest BCUT2D eigenvalue weighted by Gasteiger charge is -2.30. The molecule has 0 aromatic heterocycles. The number of rotatable bonds is 8. The van der Waals surface area contributed by atoms with E-state index in [1.807, 2.05) is 6.92 Å². The van der Waals surface area contributed by atoms with Crippen LogP contribution in [0.4, 0.5) is 0 Å². The maximum absolute atomic E-state index is 5.52. The minimum atomic E-state index is 0.193. The van der Waals surface area contributed by atoms with Crippen LogP contribution in [0.5, 0.6) is 5.75 Å². The Morgan fingerprint density at radius 2 is 1.85 bits per heavy atom. The first-order chi connectivity index (χ1) is 9.80. The van der Waals surface area contributed by atoms with Gasteiger partial charge < -0.3 is 14.8 Å². The number of hydrogen-bond donors (Lipinski definition) is 1. The van der Waals surface area contributed by atoms with Crippen molar-refractivity contribution >= 4 is 0 Å². The summed E-state index contributed by atoms with van der Waals surface area (Å²) >= 11 is 0. The molecule has 0 unspecified atom stereocenters. The SMILES string of the molecule is CCOc1ccc(C2(CNCCOC)CC=CC2)cc1. The summed E-state index contributed by atoms with van der Waals surface area (Å²) in [4.78, 5) is 0. The van der Waals surface area contributed by atoms with Crippen LogP contribution in [0.2, 0.25) is 0 Å². The fourth-order valence-electron chi connectivity index (χ4n) is 2.76. The smallest absolute Gasteiger partial charge is 0.119 e. The molecule has 1 aliphatic carbocycles. The van der Waals surface area contributed by atoms with Gasteiger partial charge in [-0.05, 0) is 37.5 Å². The van der Waals surface area contributed by atoms with Crippen molar-refractivity contribution in [3.05, 3.63) is 42.0 Å². The van der Waals surface area contributed by atoms with E-state index in [2.05, 4.69) is 41.7 Å². The van der Waals surface area contributed by atoms with Crippen LogP contribution in [-0.4, -0.2) is 33.4 Å². The lowest BCUT2D eigenvalue weighted by molar-refractivity contribution is 0.196. The van der Waals surface area contributed by atoms with Crippen LogP contribution < -0.4 is 10.1 Å². The zero-order chi connectivity index (χ0) is 14.3. The van der Waals surface area contributed by atoms with Gasteiger partial charge in [0.25, 0.3) is 0 Å². The highest BCUT2D eigenvalue weighted by molar-refractivity contribution is 5.35. The summed E-state index contributed by atoms with van der Waals surface area (Å²) in [6.07, 6.45) is 6.77. The molecule has 0 amide bonds. The Balaban J connectivity index is 2.03. The molecule has 2 rings (SSSR count). The minimum Gasteiger partial charge on any atom is -0.494 e. The third kappa shape index (κ3) is 3.62. The van der Waals surface area contributed by atoms with Gasteiger partial charge in [-0.3, -0.25) is 0 Å². The van der Waals surface area contributed by atoms with E-state index < -0.39 is 0 Å². The third-order valence-electron chi connectivity index (χ3n) is 3.91. The van der Waals surface area contributed by atoms with Gasteiger partial charge in [0.15, 0.2) is 0 Å². The van der Waals surface area contributed by atoms with Crippen molar-refractivity contribution in [1.82, 2.24) is 5.32 Å². The number of hydrogen-bond acceptors (Lipinski definition) is 3. The summed E-state index contributed by atoms with van der Waals surface area (Å²) in [6.45, 7) is 5.36. The van der Waals surface area contributed by atoms with Crippen LogP contribution in [0.3, 0.4) is 0 Å². The van der Waals surface area contributed by atoms with Crippen molar-refractivity contribution in [3.8, 4) is 5.75 Å². The van der Waals surface area contributed by atoms with E-state index in [9.17, 15) is 0 Å². The maximum atomic E-state index is 5.52. The van der Waals surface area contributed by atoms with E-state index in [1.54, 1.807) is 7.11 Å². The molecule has 1 aromatic rings. The van der Waals surface area contributed by atoms with Gasteiger partial charge in [-0.2, -0.15) is 0 Å². The summed E-state index contributed by atoms with van der Waals surface area (Å²) in [7, 11) is 1.74. The second-order valence-electron chi connectivity index (χ2n) is 5.29. The zero-order valence-electron chi connectivity index (χ0n) is 12.5. The summed E-state index contributed by atoms with van der Waals surface area (Å²) in [5.74, 6) is 0.949. The van der Waals surface area contributed by atoms with Gasteiger partial charge in [0.05, 0.1) is 13.2 Å². The van der Waals surface area contributed by atoms with Crippen molar-refractivity contribution < 1.29 is 9.47 Å². The monoisotopic (exact) mass is 275 g/mol. The molecule has 0 fully saturated rings. The predicted molar refractivity (Wildman–Crippen MR) is 82.4 cm³/mol. The largest absolute Gasteiger partial charge is 0.494 e. The maximum Gasteiger partial charge on any atom is 0.119 e. The Bertz CT molecular complexity index is 417. The number of allylic oxidation sites excluding steroid dienone is 2. The molecule has 0 atom stereocenters. The molecule has 1 aromatic carbocycles. The third-order valence-corrected chi connectivity index (χ3v) is 3.91. The molecule has 0 saturated heterocycles. The van der Waals surface area contributed by atoms with Gasteiger partial charge in [-0.15, -0.1) is 0 Å². The number of benzene rings is 1. The van der Waals surface area contributed by atoms with Crippen LogP contribution in [0, 0.1) is 0 Å². The van der Waals surface area contributed by atoms with E-state index in [0.717, 1.165) is 38.3 Å². The van der Waals surface area contributed by atoms with Crippen molar-refractivity contribution in [2.75, 3.05) is 33.4 Å². The summed E-state index contributed by atoms with van der Waals surface area (Å²) in [5.41, 5.74) is 1.58. The van der Waals surface area contributed by atoms with Crippen LogP contribution in [0.1, 0.15) is 25.3 Å². The molecule has 0 bridgehead atoms. The molecule has 1 aliphatic rings. The second-order valence-corrected chi connectivity index (χ2v) is 5.29. The van der Waals surface area contributed by atoms with Gasteiger partial charge in [-0.25, -0.2) is 0 Å². The molecule has 3 nitrogen and oxygen atoms in total. The normalized spacial score (nSPS) is 16.5. The minimum absolute atomic E-state index is 0.193. The van der Waals surface area contributed by atoms with Gasteiger partial charge in [0.2, 0.25) is 0 Å². The second kappa shape index (κ2) is 7.46. The van der Waals surface area contributed by atoms with Crippen LogP contribution in [0.25, 0.3) is 0 Å². The van der Waals surface area contributed by atoms with Crippen molar-refractivity contribution in [3.63, 3.8) is 0 Å². The first kappa shape index (κ1) is 15.1. The van der Waals surface area contributed by atoms with Gasteiger partial charge in [0, 0.05) is 25.6 Å². The molecule has 0 spiro atoms. The highest BCUT2D eigenvalue weighted by atomic mass is 16.5. The van der Waals surface area contributed by atoms with Crippen LogP contribution >= 0.6 is 0 Å². The highest BCUT2D eigenvalue weighted by Crippen LogP contribution is 2.37. The Morgan fingerprint density at radius 1 is 1.15 bits per heavy atom. The average Bonchev–Trinajstić information content (AvgIpc) is 2.95. The predicted octanol–water partition coefficient (Wildman–Crippen LogP) is 2.91. The van der Waals surface area contributed by atoms with Gasteiger partial charge in [-0.1, -0.05) is 24.3 Å². The van der Waals surface area contributed by atoms with E-state index in [-0.39, 0.29) is 5.41 Å². The topological polar surface area (TPSA) is 30.5 Å². The first-order valence-corrected chi connectivity index (χ1v) is 7.39. The zero-order valence-corrected chi connectivity index (χ0v) is 12.5. The van der Waals surface area contributed by atoms with Crippen LogP contribution in [-0.2, 0) is 10.2 Å². The quantitative estimate of drug-likeness (QED) is 0.584. The van der Waals surface area contributed by atoms with Crippen molar-refractivity contribution in [1.29, 1.82) is 0 Å². The average molecular weight is 275 g/mol. The fourth-order valence-corrected chi connectivity index (χ4v) is 2.76. The number of ether oxygens (including phenoxy) is 2. The highest BCUT2D eigenvalue weighted by Gasteiger charge is 2.32. The standard InChI is InChI=1S/C17H25NO2/c1-3-20-16-8-6-15(7-9-16)17(10-4-5-11-17)14-18-12-13-19-2/h4-9,18H,3,10-14H2,1-2H3. The van der Waals surface area contributed by atoms with Gasteiger partial charge >= 0.3 is 0 Å². The van der Waals surface area contributed by atoms with E-state index in [1.165, 1.54) is 5.56 Å². The Kier molecular flexibility index (Phi) is 5.62. The number of nitrogens with one attached hydrogen (secondary N) is 1. The van der Waals surface area contributed by atoms with E-state index in [0.29, 0.717) is 6.61 Å². The summed E-state index contributed by atoms with van der Waals surface area (Å²) < 4.78 is 10.6. The molecule has 0 heterocycles. The Morgan fingerprint density at radius 3 is 2.45 bits per heavy atom. The molecule has 110 valence electrons. The summed E-state index contributed by atoms with van der Waals surface area (Å²) in [6, 6.07) is 8.56. The molecule has 1 N–H and O–H groups in total. The van der Waals surface area contributed by atoms with Gasteiger partial charge in [0.1, 0.15) is 5.75 Å². The molecular formula is C17H25NO2. The fraction of sp³-hybridized carbons (Fsp3) is 0.529. The molecule has 20 heavy (non-hydrogen) atoms. The Hall–Kier alpha value is -1.32. The lowest BCUT2D eigenvalue weighted by atomic mass is 9.78. The number of methoxy groups -OCH3 is 1. The summed E-state index contributed by atoms with van der Waals surface area (Å²) in [5, 5.41) is 3.51. The van der Waals surface area contributed by atoms with E-state index >= 15 is 0 Å². The van der Waals surface area contributed by atoms with E-state index in [4.69, 9.17) is 9.47 Å². The van der Waals surface area contributed by atoms with Crippen molar-refractivity contribution in [2.45, 2.75) is 25.2 Å². The molecule has 3 heteroatoms. The molecular weight excluding hydrogens is 250 g/mol.